The monoisotopic (exact) mass is 445 g/mol. The molecular formula is C23H28ClN3O4. The van der Waals surface area contributed by atoms with Crippen LogP contribution in [-0.4, -0.2) is 48.0 Å². The predicted octanol–water partition coefficient (Wildman–Crippen LogP) is 4.17. The Hall–Kier alpha value is -2.80. The van der Waals surface area contributed by atoms with Crippen molar-refractivity contribution in [2.24, 2.45) is 5.92 Å². The van der Waals surface area contributed by atoms with Gasteiger partial charge in [-0.15, -0.1) is 0 Å². The molecule has 31 heavy (non-hydrogen) atoms. The first-order valence-corrected chi connectivity index (χ1v) is 11.0. The molecule has 7 nitrogen and oxygen atoms in total. The fraction of sp³-hybridized carbons (Fsp3) is 0.435. The average Bonchev–Trinajstić information content (AvgIpc) is 2.79. The van der Waals surface area contributed by atoms with Crippen LogP contribution in [0.4, 0.5) is 5.82 Å². The summed E-state index contributed by atoms with van der Waals surface area (Å²) in [6.45, 7) is 4.02. The Morgan fingerprint density at radius 3 is 2.68 bits per heavy atom. The van der Waals surface area contributed by atoms with Gasteiger partial charge in [-0.25, -0.2) is 4.98 Å². The van der Waals surface area contributed by atoms with Crippen molar-refractivity contribution >= 4 is 29.2 Å². The lowest BCUT2D eigenvalue weighted by Crippen LogP contribution is -2.43. The molecule has 0 radical (unpaired) electrons. The first-order valence-electron chi connectivity index (χ1n) is 10.6. The molecule has 0 bridgehead atoms. The minimum atomic E-state index is -0.246. The van der Waals surface area contributed by atoms with Gasteiger partial charge in [0.05, 0.1) is 24.2 Å². The van der Waals surface area contributed by atoms with E-state index in [1.54, 1.807) is 17.0 Å². The molecule has 2 aromatic rings. The summed E-state index contributed by atoms with van der Waals surface area (Å²) in [6.07, 6.45) is 4.02. The van der Waals surface area contributed by atoms with Crippen molar-refractivity contribution in [2.75, 3.05) is 31.6 Å². The molecule has 1 unspecified atom stereocenters. The van der Waals surface area contributed by atoms with Gasteiger partial charge in [-0.1, -0.05) is 23.7 Å². The number of amides is 2. The first kappa shape index (κ1) is 22.9. The van der Waals surface area contributed by atoms with Crippen LogP contribution in [0.15, 0.2) is 42.6 Å². The van der Waals surface area contributed by atoms with Crippen LogP contribution in [0.25, 0.3) is 0 Å². The van der Waals surface area contributed by atoms with Crippen LogP contribution in [0, 0.1) is 5.92 Å². The van der Waals surface area contributed by atoms with E-state index in [0.29, 0.717) is 61.5 Å². The third-order valence-electron chi connectivity index (χ3n) is 5.07. The lowest BCUT2D eigenvalue weighted by molar-refractivity contribution is -0.134. The van der Waals surface area contributed by atoms with Gasteiger partial charge in [-0.3, -0.25) is 9.59 Å². The van der Waals surface area contributed by atoms with Crippen LogP contribution in [0.1, 0.15) is 32.6 Å². The van der Waals surface area contributed by atoms with Crippen LogP contribution in [0.3, 0.4) is 0 Å². The topological polar surface area (TPSA) is 80.8 Å². The zero-order valence-electron chi connectivity index (χ0n) is 17.7. The number of ether oxygens (including phenoxy) is 2. The van der Waals surface area contributed by atoms with Crippen LogP contribution < -0.4 is 14.8 Å². The summed E-state index contributed by atoms with van der Waals surface area (Å²) in [5, 5.41) is 3.32. The second-order valence-corrected chi connectivity index (χ2v) is 7.80. The molecule has 8 heteroatoms. The zero-order chi connectivity index (χ0) is 22.1. The Morgan fingerprint density at radius 1 is 1.19 bits per heavy atom. The smallest absolute Gasteiger partial charge is 0.230 e. The number of para-hydroxylation sites is 2. The Kier molecular flexibility index (Phi) is 8.53. The number of hydrogen-bond donors (Lipinski definition) is 1. The summed E-state index contributed by atoms with van der Waals surface area (Å²) in [5.41, 5.74) is 0. The van der Waals surface area contributed by atoms with Crippen LogP contribution in [0.5, 0.6) is 11.5 Å². The number of carbonyl (C=O) groups is 2. The Morgan fingerprint density at radius 2 is 1.97 bits per heavy atom. The highest BCUT2D eigenvalue weighted by Gasteiger charge is 2.28. The number of rotatable bonds is 9. The van der Waals surface area contributed by atoms with E-state index in [1.807, 2.05) is 31.2 Å². The summed E-state index contributed by atoms with van der Waals surface area (Å²) in [4.78, 5) is 31.1. The largest absolute Gasteiger partial charge is 0.490 e. The number of pyridine rings is 1. The molecule has 1 aliphatic heterocycles. The van der Waals surface area contributed by atoms with Gasteiger partial charge < -0.3 is 19.7 Å². The van der Waals surface area contributed by atoms with Crippen LogP contribution >= 0.6 is 11.6 Å². The average molecular weight is 446 g/mol. The molecule has 0 aliphatic carbocycles. The van der Waals surface area contributed by atoms with E-state index in [4.69, 9.17) is 21.1 Å². The van der Waals surface area contributed by atoms with E-state index in [0.717, 1.165) is 12.8 Å². The second kappa shape index (κ2) is 11.6. The van der Waals surface area contributed by atoms with Gasteiger partial charge in [0.1, 0.15) is 5.82 Å². The predicted molar refractivity (Wildman–Crippen MR) is 120 cm³/mol. The highest BCUT2D eigenvalue weighted by molar-refractivity contribution is 6.30. The molecule has 1 atom stereocenters. The molecule has 1 aromatic heterocycles. The maximum absolute atomic E-state index is 12.6. The molecule has 3 rings (SSSR count). The number of nitrogens with zero attached hydrogens (tertiary/aromatic N) is 2. The number of likely N-dealkylation sites (tertiary alicyclic amines) is 1. The summed E-state index contributed by atoms with van der Waals surface area (Å²) < 4.78 is 11.3. The lowest BCUT2D eigenvalue weighted by Gasteiger charge is -2.32. The van der Waals surface area contributed by atoms with E-state index in [-0.39, 0.29) is 17.7 Å². The third-order valence-corrected chi connectivity index (χ3v) is 5.29. The molecular weight excluding hydrogens is 418 g/mol. The minimum absolute atomic E-state index is 0.0452. The van der Waals surface area contributed by atoms with Gasteiger partial charge in [0.2, 0.25) is 11.8 Å². The van der Waals surface area contributed by atoms with Gasteiger partial charge in [-0.2, -0.15) is 0 Å². The standard InChI is InChI=1S/C23H28ClN3O4/c1-2-30-19-8-3-4-9-20(19)31-14-6-10-22(28)27-13-5-7-17(16-27)23(29)26-21-12-11-18(24)15-25-21/h3-4,8-9,11-12,15,17H,2,5-7,10,13-14,16H2,1H3,(H,25,26,29). The Labute approximate surface area is 187 Å². The summed E-state index contributed by atoms with van der Waals surface area (Å²) in [7, 11) is 0. The first-order chi connectivity index (χ1) is 15.1. The van der Waals surface area contributed by atoms with Gasteiger partial charge in [0, 0.05) is 25.7 Å². The van der Waals surface area contributed by atoms with E-state index >= 15 is 0 Å². The SMILES string of the molecule is CCOc1ccccc1OCCCC(=O)N1CCCC(C(=O)Nc2ccc(Cl)cn2)C1. The minimum Gasteiger partial charge on any atom is -0.490 e. The molecule has 0 saturated carbocycles. The van der Waals surface area contributed by atoms with E-state index in [1.165, 1.54) is 6.20 Å². The number of anilines is 1. The van der Waals surface area contributed by atoms with Crippen LogP contribution in [-0.2, 0) is 9.59 Å². The van der Waals surface area contributed by atoms with E-state index in [9.17, 15) is 9.59 Å². The number of piperidine rings is 1. The second-order valence-electron chi connectivity index (χ2n) is 7.36. The fourth-order valence-electron chi connectivity index (χ4n) is 3.50. The van der Waals surface area contributed by atoms with E-state index < -0.39 is 0 Å². The molecule has 1 N–H and O–H groups in total. The van der Waals surface area contributed by atoms with Crippen molar-refractivity contribution < 1.29 is 19.1 Å². The normalized spacial score (nSPS) is 15.9. The fourth-order valence-corrected chi connectivity index (χ4v) is 3.62. The summed E-state index contributed by atoms with van der Waals surface area (Å²) in [5.74, 6) is 1.53. The van der Waals surface area contributed by atoms with Crippen molar-refractivity contribution in [3.63, 3.8) is 0 Å². The quantitative estimate of drug-likeness (QED) is 0.586. The molecule has 2 amide bonds. The summed E-state index contributed by atoms with van der Waals surface area (Å²) in [6, 6.07) is 10.8. The maximum Gasteiger partial charge on any atom is 0.230 e. The number of benzene rings is 1. The van der Waals surface area contributed by atoms with Gasteiger partial charge in [-0.05, 0) is 50.5 Å². The van der Waals surface area contributed by atoms with Crippen molar-refractivity contribution in [3.8, 4) is 11.5 Å². The summed E-state index contributed by atoms with van der Waals surface area (Å²) >= 11 is 5.83. The highest BCUT2D eigenvalue weighted by atomic mass is 35.5. The van der Waals surface area contributed by atoms with Crippen molar-refractivity contribution in [1.29, 1.82) is 0 Å². The van der Waals surface area contributed by atoms with Gasteiger partial charge >= 0.3 is 0 Å². The van der Waals surface area contributed by atoms with Crippen molar-refractivity contribution in [3.05, 3.63) is 47.6 Å². The van der Waals surface area contributed by atoms with Gasteiger partial charge in [0.15, 0.2) is 11.5 Å². The van der Waals surface area contributed by atoms with Gasteiger partial charge in [0.25, 0.3) is 0 Å². The molecule has 1 saturated heterocycles. The number of nitrogens with one attached hydrogen (secondary N) is 1. The Bertz CT molecular complexity index is 875. The number of hydrogen-bond acceptors (Lipinski definition) is 5. The third kappa shape index (κ3) is 6.85. The molecule has 1 aromatic carbocycles. The zero-order valence-corrected chi connectivity index (χ0v) is 18.4. The molecule has 0 spiro atoms. The molecule has 166 valence electrons. The number of carbonyl (C=O) groups excluding carboxylic acids is 2. The molecule has 1 fully saturated rings. The van der Waals surface area contributed by atoms with Crippen molar-refractivity contribution in [1.82, 2.24) is 9.88 Å². The maximum atomic E-state index is 12.6. The number of halogens is 1. The van der Waals surface area contributed by atoms with Crippen LogP contribution in [0.2, 0.25) is 5.02 Å². The molecule has 1 aliphatic rings. The highest BCUT2D eigenvalue weighted by Crippen LogP contribution is 2.26. The number of aromatic nitrogens is 1. The lowest BCUT2D eigenvalue weighted by atomic mass is 9.96. The Balaban J connectivity index is 1.43. The molecule has 2 heterocycles. The van der Waals surface area contributed by atoms with E-state index in [2.05, 4.69) is 10.3 Å². The van der Waals surface area contributed by atoms with Crippen molar-refractivity contribution in [2.45, 2.75) is 32.6 Å².